The first-order valence-corrected chi connectivity index (χ1v) is 12.3. The Bertz CT molecular complexity index is 1400. The Morgan fingerprint density at radius 3 is 2.64 bits per heavy atom. The van der Waals surface area contributed by atoms with E-state index in [9.17, 15) is 31.5 Å². The van der Waals surface area contributed by atoms with Crippen LogP contribution in [0, 0.1) is 12.7 Å². The Balaban J connectivity index is 1.43. The highest BCUT2D eigenvalue weighted by Gasteiger charge is 2.31. The van der Waals surface area contributed by atoms with Gasteiger partial charge in [0.25, 0.3) is 11.8 Å². The lowest BCUT2D eigenvalue weighted by Crippen LogP contribution is -2.34. The molecule has 0 fully saturated rings. The molecule has 0 saturated carbocycles. The lowest BCUT2D eigenvalue weighted by molar-refractivity contribution is -0.274. The van der Waals surface area contributed by atoms with E-state index in [1.54, 1.807) is 12.3 Å². The maximum absolute atomic E-state index is 14.5. The first-order chi connectivity index (χ1) is 19.8. The van der Waals surface area contributed by atoms with Crippen molar-refractivity contribution in [2.75, 3.05) is 6.54 Å². The predicted octanol–water partition coefficient (Wildman–Crippen LogP) is 1.97. The second-order valence-electron chi connectivity index (χ2n) is 9.01. The molecule has 0 aliphatic rings. The van der Waals surface area contributed by atoms with Gasteiger partial charge in [0.05, 0.1) is 12.7 Å². The molecule has 17 heteroatoms. The zero-order chi connectivity index (χ0) is 30.9. The summed E-state index contributed by atoms with van der Waals surface area (Å²) in [5.74, 6) is 2.90. The summed E-state index contributed by atoms with van der Waals surface area (Å²) >= 11 is 0. The number of benzene rings is 1. The second-order valence-corrected chi connectivity index (χ2v) is 9.01. The van der Waals surface area contributed by atoms with Gasteiger partial charge in [0.2, 0.25) is 0 Å². The number of nitrogens with zero attached hydrogens (tertiary/aromatic N) is 5. The summed E-state index contributed by atoms with van der Waals surface area (Å²) in [6.07, 6.45) is -2.59. The molecule has 2 amide bonds. The Hall–Kier alpha value is -4.80. The number of aromatic nitrogens is 4. The monoisotopic (exact) mass is 597 g/mol. The molecule has 226 valence electrons. The van der Waals surface area contributed by atoms with E-state index in [1.165, 1.54) is 6.20 Å². The van der Waals surface area contributed by atoms with Gasteiger partial charge in [-0.25, -0.2) is 19.3 Å². The number of carbonyl (C=O) groups is 2. The van der Waals surface area contributed by atoms with Crippen molar-refractivity contribution >= 4 is 11.8 Å². The van der Waals surface area contributed by atoms with E-state index in [4.69, 9.17) is 11.6 Å². The van der Waals surface area contributed by atoms with Crippen LogP contribution in [0.15, 0.2) is 54.6 Å². The minimum atomic E-state index is -4.96. The molecule has 42 heavy (non-hydrogen) atoms. The summed E-state index contributed by atoms with van der Waals surface area (Å²) in [4.78, 5) is 28.6. The van der Waals surface area contributed by atoms with Crippen LogP contribution in [0.3, 0.4) is 0 Å². The molecule has 0 spiro atoms. The van der Waals surface area contributed by atoms with Crippen LogP contribution >= 0.6 is 0 Å². The number of carbonyl (C=O) groups excluding carboxylic acids is 2. The molecule has 1 aromatic carbocycles. The number of ether oxygens (including phenoxy) is 1. The zero-order valence-corrected chi connectivity index (χ0v) is 22.2. The van der Waals surface area contributed by atoms with Crippen molar-refractivity contribution in [3.8, 4) is 5.75 Å². The standard InChI is InChI=1S/C25H28F5N9O3/c1-15-2-3-16(9-33-15)10-34-23(40)21(31)13-38(32)7-6-18(26)12-39-14-22(36-37-39)24(41)35-11-17-8-19(4-5-20(17)27)42-25(28,29)30/h2-5,8-9,13-14,18H,6-7,10-12,31-32H2,1H3,(H,34,40)(H,35,41)/b21-13-. The summed E-state index contributed by atoms with van der Waals surface area (Å²) in [6, 6.07) is 5.98. The van der Waals surface area contributed by atoms with Gasteiger partial charge in [-0.15, -0.1) is 18.3 Å². The smallest absolute Gasteiger partial charge is 0.406 e. The Kier molecular flexibility index (Phi) is 10.7. The molecule has 2 heterocycles. The van der Waals surface area contributed by atoms with E-state index >= 15 is 0 Å². The van der Waals surface area contributed by atoms with Crippen LogP contribution in [0.5, 0.6) is 5.75 Å². The minimum absolute atomic E-state index is 0.0122. The lowest BCUT2D eigenvalue weighted by atomic mass is 10.2. The van der Waals surface area contributed by atoms with Crippen molar-refractivity contribution in [3.63, 3.8) is 0 Å². The first-order valence-electron chi connectivity index (χ1n) is 12.3. The third-order valence-corrected chi connectivity index (χ3v) is 5.54. The molecular weight excluding hydrogens is 569 g/mol. The van der Waals surface area contributed by atoms with Crippen LogP contribution in [-0.2, 0) is 24.4 Å². The molecule has 0 saturated heterocycles. The van der Waals surface area contributed by atoms with E-state index in [0.29, 0.717) is 0 Å². The number of hydrogen-bond donors (Lipinski definition) is 4. The number of nitrogens with two attached hydrogens (primary N) is 2. The third kappa shape index (κ3) is 10.3. The molecule has 2 aromatic heterocycles. The molecule has 0 bridgehead atoms. The van der Waals surface area contributed by atoms with E-state index in [-0.39, 0.29) is 43.0 Å². The van der Waals surface area contributed by atoms with E-state index in [1.807, 2.05) is 13.0 Å². The van der Waals surface area contributed by atoms with Crippen molar-refractivity contribution in [1.82, 2.24) is 35.6 Å². The van der Waals surface area contributed by atoms with Crippen molar-refractivity contribution in [2.24, 2.45) is 11.6 Å². The number of halogens is 5. The van der Waals surface area contributed by atoms with Gasteiger partial charge in [-0.2, -0.15) is 0 Å². The summed E-state index contributed by atoms with van der Waals surface area (Å²) in [7, 11) is 0. The van der Waals surface area contributed by atoms with Crippen LogP contribution in [0.25, 0.3) is 0 Å². The molecule has 3 aromatic rings. The first kappa shape index (κ1) is 31.7. The zero-order valence-electron chi connectivity index (χ0n) is 22.2. The van der Waals surface area contributed by atoms with Crippen molar-refractivity contribution < 1.29 is 36.3 Å². The van der Waals surface area contributed by atoms with Crippen LogP contribution in [0.1, 0.15) is 33.7 Å². The van der Waals surface area contributed by atoms with Gasteiger partial charge >= 0.3 is 6.36 Å². The predicted molar refractivity (Wildman–Crippen MR) is 138 cm³/mol. The normalized spacial score (nSPS) is 12.5. The number of nitrogens with one attached hydrogen (secondary N) is 2. The van der Waals surface area contributed by atoms with E-state index in [0.717, 1.165) is 45.3 Å². The van der Waals surface area contributed by atoms with Crippen molar-refractivity contribution in [2.45, 2.75) is 45.5 Å². The number of hydrazine groups is 1. The topological polar surface area (TPSA) is 166 Å². The quantitative estimate of drug-likeness (QED) is 0.0997. The molecular formula is C25H28F5N9O3. The number of amides is 2. The number of aryl methyl sites for hydroxylation is 1. The van der Waals surface area contributed by atoms with Crippen LogP contribution in [-0.4, -0.2) is 55.9 Å². The molecule has 0 radical (unpaired) electrons. The van der Waals surface area contributed by atoms with Gasteiger partial charge in [-0.1, -0.05) is 11.3 Å². The highest BCUT2D eigenvalue weighted by molar-refractivity contribution is 5.92. The van der Waals surface area contributed by atoms with E-state index < -0.39 is 42.5 Å². The highest BCUT2D eigenvalue weighted by atomic mass is 19.4. The average Bonchev–Trinajstić information content (AvgIpc) is 3.39. The summed E-state index contributed by atoms with van der Waals surface area (Å²) in [6.45, 7) is 1.27. The Morgan fingerprint density at radius 2 is 1.95 bits per heavy atom. The van der Waals surface area contributed by atoms with Gasteiger partial charge in [-0.3, -0.25) is 14.6 Å². The Morgan fingerprint density at radius 1 is 1.19 bits per heavy atom. The molecule has 6 N–H and O–H groups in total. The number of alkyl halides is 4. The fourth-order valence-electron chi connectivity index (χ4n) is 3.41. The van der Waals surface area contributed by atoms with Crippen LogP contribution in [0.2, 0.25) is 0 Å². The van der Waals surface area contributed by atoms with Gasteiger partial charge in [-0.05, 0) is 43.2 Å². The molecule has 1 unspecified atom stereocenters. The fraction of sp³-hybridized carbons (Fsp3) is 0.320. The highest BCUT2D eigenvalue weighted by Crippen LogP contribution is 2.24. The van der Waals surface area contributed by atoms with Gasteiger partial charge in [0, 0.05) is 43.3 Å². The SMILES string of the molecule is Cc1ccc(CNC(=O)/C(N)=C/N(N)CCC(F)Cn2cc(C(=O)NCc3cc(OC(F)(F)F)ccc3F)nn2)cn1. The second kappa shape index (κ2) is 14.2. The summed E-state index contributed by atoms with van der Waals surface area (Å²) < 4.78 is 70.4. The molecule has 0 aliphatic heterocycles. The Labute approximate surface area is 236 Å². The molecule has 0 aliphatic carbocycles. The largest absolute Gasteiger partial charge is 0.573 e. The van der Waals surface area contributed by atoms with Gasteiger partial charge in [0.1, 0.15) is 23.4 Å². The minimum Gasteiger partial charge on any atom is -0.406 e. The summed E-state index contributed by atoms with van der Waals surface area (Å²) in [5.41, 5.74) is 6.70. The van der Waals surface area contributed by atoms with Crippen molar-refractivity contribution in [3.05, 3.63) is 83.0 Å². The third-order valence-electron chi connectivity index (χ3n) is 5.54. The van der Waals surface area contributed by atoms with Gasteiger partial charge < -0.3 is 26.1 Å². The molecule has 12 nitrogen and oxygen atoms in total. The number of pyridine rings is 1. The average molecular weight is 598 g/mol. The summed E-state index contributed by atoms with van der Waals surface area (Å²) in [5, 5.41) is 13.3. The van der Waals surface area contributed by atoms with E-state index in [2.05, 4.69) is 30.7 Å². The molecule has 1 atom stereocenters. The molecule has 3 rings (SSSR count). The maximum atomic E-state index is 14.5. The lowest BCUT2D eigenvalue weighted by Gasteiger charge is -2.16. The van der Waals surface area contributed by atoms with Crippen LogP contribution in [0.4, 0.5) is 22.0 Å². The number of rotatable bonds is 13. The van der Waals surface area contributed by atoms with Crippen molar-refractivity contribution in [1.29, 1.82) is 0 Å². The van der Waals surface area contributed by atoms with Gasteiger partial charge in [0.15, 0.2) is 5.69 Å². The number of hydrogen-bond acceptors (Lipinski definition) is 9. The fourth-order valence-corrected chi connectivity index (χ4v) is 3.41. The maximum Gasteiger partial charge on any atom is 0.573 e. The van der Waals surface area contributed by atoms with Crippen LogP contribution < -0.4 is 26.9 Å².